The van der Waals surface area contributed by atoms with E-state index in [1.54, 1.807) is 18.2 Å². The van der Waals surface area contributed by atoms with Crippen LogP contribution in [0, 0.1) is 15.9 Å². The van der Waals surface area contributed by atoms with Gasteiger partial charge < -0.3 is 10.4 Å². The smallest absolute Gasteiger partial charge is 0.335 e. The zero-order valence-corrected chi connectivity index (χ0v) is 10.7. The second kappa shape index (κ2) is 6.00. The van der Waals surface area contributed by atoms with Gasteiger partial charge in [-0.25, -0.2) is 9.18 Å². The van der Waals surface area contributed by atoms with E-state index in [0.29, 0.717) is 5.56 Å². The van der Waals surface area contributed by atoms with E-state index in [4.69, 9.17) is 5.11 Å². The van der Waals surface area contributed by atoms with Crippen molar-refractivity contribution >= 4 is 17.3 Å². The van der Waals surface area contributed by atoms with Crippen molar-refractivity contribution in [2.75, 3.05) is 5.32 Å². The predicted molar refractivity (Wildman–Crippen MR) is 73.8 cm³/mol. The molecule has 108 valence electrons. The number of nitro benzene ring substituents is 1. The SMILES string of the molecule is O=C(O)c1ccc(NCc2ccccc2[N+](=O)[O-])c(F)c1. The van der Waals surface area contributed by atoms with Gasteiger partial charge in [-0.3, -0.25) is 10.1 Å². The maximum absolute atomic E-state index is 13.7. The van der Waals surface area contributed by atoms with Crippen LogP contribution in [0.4, 0.5) is 15.8 Å². The number of anilines is 1. The van der Waals surface area contributed by atoms with Gasteiger partial charge in [0.15, 0.2) is 0 Å². The normalized spacial score (nSPS) is 10.1. The van der Waals surface area contributed by atoms with Crippen molar-refractivity contribution in [3.63, 3.8) is 0 Å². The van der Waals surface area contributed by atoms with Crippen LogP contribution in [0.5, 0.6) is 0 Å². The first-order valence-electron chi connectivity index (χ1n) is 5.98. The number of carbonyl (C=O) groups is 1. The minimum atomic E-state index is -1.22. The fraction of sp³-hybridized carbons (Fsp3) is 0.0714. The lowest BCUT2D eigenvalue weighted by Gasteiger charge is -2.08. The van der Waals surface area contributed by atoms with Crippen LogP contribution in [0.3, 0.4) is 0 Å². The average molecular weight is 290 g/mol. The molecule has 0 saturated heterocycles. The monoisotopic (exact) mass is 290 g/mol. The van der Waals surface area contributed by atoms with Crippen molar-refractivity contribution in [2.24, 2.45) is 0 Å². The van der Waals surface area contributed by atoms with Crippen LogP contribution >= 0.6 is 0 Å². The number of para-hydroxylation sites is 1. The third kappa shape index (κ3) is 3.33. The molecule has 0 aliphatic carbocycles. The standard InChI is InChI=1S/C14H11FN2O4/c15-11-7-9(14(18)19)5-6-12(11)16-8-10-3-1-2-4-13(10)17(20)21/h1-7,16H,8H2,(H,18,19). The number of hydrogen-bond donors (Lipinski definition) is 2. The number of aromatic carboxylic acids is 1. The molecule has 0 spiro atoms. The van der Waals surface area contributed by atoms with E-state index in [0.717, 1.165) is 6.07 Å². The zero-order valence-electron chi connectivity index (χ0n) is 10.7. The highest BCUT2D eigenvalue weighted by atomic mass is 19.1. The second-order valence-corrected chi connectivity index (χ2v) is 4.24. The quantitative estimate of drug-likeness (QED) is 0.652. The topological polar surface area (TPSA) is 92.5 Å². The van der Waals surface area contributed by atoms with Crippen LogP contribution < -0.4 is 5.32 Å². The minimum absolute atomic E-state index is 0.0560. The first-order chi connectivity index (χ1) is 9.99. The minimum Gasteiger partial charge on any atom is -0.478 e. The number of hydrogen-bond acceptors (Lipinski definition) is 4. The largest absolute Gasteiger partial charge is 0.478 e. The number of halogens is 1. The third-order valence-electron chi connectivity index (χ3n) is 2.87. The van der Waals surface area contributed by atoms with Gasteiger partial charge in [0.05, 0.1) is 16.2 Å². The summed E-state index contributed by atoms with van der Waals surface area (Å²) < 4.78 is 13.7. The van der Waals surface area contributed by atoms with Gasteiger partial charge in [0.25, 0.3) is 5.69 Å². The van der Waals surface area contributed by atoms with Gasteiger partial charge >= 0.3 is 5.97 Å². The Bertz CT molecular complexity index is 703. The molecule has 0 atom stereocenters. The molecular weight excluding hydrogens is 279 g/mol. The molecule has 0 radical (unpaired) electrons. The van der Waals surface area contributed by atoms with E-state index >= 15 is 0 Å². The number of benzene rings is 2. The Labute approximate surface area is 119 Å². The number of carboxylic acid groups (broad SMARTS) is 1. The lowest BCUT2D eigenvalue weighted by Crippen LogP contribution is -2.05. The first kappa shape index (κ1) is 14.4. The lowest BCUT2D eigenvalue weighted by molar-refractivity contribution is -0.385. The summed E-state index contributed by atoms with van der Waals surface area (Å²) in [6.07, 6.45) is 0. The number of nitrogens with one attached hydrogen (secondary N) is 1. The van der Waals surface area contributed by atoms with E-state index in [1.165, 1.54) is 18.2 Å². The second-order valence-electron chi connectivity index (χ2n) is 4.24. The Morgan fingerprint density at radius 1 is 1.29 bits per heavy atom. The van der Waals surface area contributed by atoms with Gasteiger partial charge in [-0.2, -0.15) is 0 Å². The van der Waals surface area contributed by atoms with Gasteiger partial charge in [0, 0.05) is 18.2 Å². The number of carboxylic acids is 1. The molecule has 0 aliphatic heterocycles. The van der Waals surface area contributed by atoms with Crippen molar-refractivity contribution in [1.29, 1.82) is 0 Å². The van der Waals surface area contributed by atoms with Crippen LogP contribution in [-0.2, 0) is 6.54 Å². The highest BCUT2D eigenvalue weighted by molar-refractivity contribution is 5.88. The fourth-order valence-corrected chi connectivity index (χ4v) is 1.82. The van der Waals surface area contributed by atoms with Crippen LogP contribution in [0.2, 0.25) is 0 Å². The van der Waals surface area contributed by atoms with E-state index in [2.05, 4.69) is 5.32 Å². The van der Waals surface area contributed by atoms with Crippen LogP contribution in [0.15, 0.2) is 42.5 Å². The van der Waals surface area contributed by atoms with Crippen molar-refractivity contribution in [2.45, 2.75) is 6.54 Å². The summed E-state index contributed by atoms with van der Waals surface area (Å²) in [5, 5.41) is 22.3. The van der Waals surface area contributed by atoms with Crippen molar-refractivity contribution in [1.82, 2.24) is 0 Å². The van der Waals surface area contributed by atoms with Crippen LogP contribution in [0.1, 0.15) is 15.9 Å². The average Bonchev–Trinajstić information content (AvgIpc) is 2.46. The maximum atomic E-state index is 13.7. The molecule has 6 nitrogen and oxygen atoms in total. The Kier molecular flexibility index (Phi) is 4.13. The zero-order chi connectivity index (χ0) is 15.4. The molecule has 0 heterocycles. The molecular formula is C14H11FN2O4. The molecule has 2 aromatic rings. The molecule has 2 rings (SSSR count). The summed E-state index contributed by atoms with van der Waals surface area (Å²) >= 11 is 0. The van der Waals surface area contributed by atoms with Crippen LogP contribution in [-0.4, -0.2) is 16.0 Å². The number of rotatable bonds is 5. The molecule has 0 fully saturated rings. The van der Waals surface area contributed by atoms with Crippen molar-refractivity contribution in [3.05, 3.63) is 69.5 Å². The van der Waals surface area contributed by atoms with E-state index in [9.17, 15) is 19.3 Å². The van der Waals surface area contributed by atoms with Gasteiger partial charge in [-0.15, -0.1) is 0 Å². The molecule has 0 unspecified atom stereocenters. The lowest BCUT2D eigenvalue weighted by atomic mass is 10.1. The highest BCUT2D eigenvalue weighted by Crippen LogP contribution is 2.21. The van der Waals surface area contributed by atoms with Crippen LogP contribution in [0.25, 0.3) is 0 Å². The molecule has 0 aliphatic rings. The molecule has 21 heavy (non-hydrogen) atoms. The molecule has 2 N–H and O–H groups in total. The van der Waals surface area contributed by atoms with E-state index in [1.807, 2.05) is 0 Å². The van der Waals surface area contributed by atoms with Gasteiger partial charge in [0.2, 0.25) is 0 Å². The Morgan fingerprint density at radius 2 is 2.00 bits per heavy atom. The molecule has 0 saturated carbocycles. The summed E-state index contributed by atoms with van der Waals surface area (Å²) in [6.45, 7) is 0.0560. The molecule has 2 aromatic carbocycles. The Hall–Kier alpha value is -2.96. The maximum Gasteiger partial charge on any atom is 0.335 e. The van der Waals surface area contributed by atoms with Gasteiger partial charge in [0.1, 0.15) is 5.82 Å². The Morgan fingerprint density at radius 3 is 2.62 bits per heavy atom. The van der Waals surface area contributed by atoms with Crippen molar-refractivity contribution < 1.29 is 19.2 Å². The van der Waals surface area contributed by atoms with Crippen molar-refractivity contribution in [3.8, 4) is 0 Å². The summed E-state index contributed by atoms with van der Waals surface area (Å²) in [7, 11) is 0. The molecule has 0 bridgehead atoms. The molecule has 0 aromatic heterocycles. The number of nitrogens with zero attached hydrogens (tertiary/aromatic N) is 1. The Balaban J connectivity index is 2.17. The highest BCUT2D eigenvalue weighted by Gasteiger charge is 2.13. The summed E-state index contributed by atoms with van der Waals surface area (Å²) in [5.74, 6) is -1.95. The summed E-state index contributed by atoms with van der Waals surface area (Å²) in [6, 6.07) is 9.55. The van der Waals surface area contributed by atoms with Gasteiger partial charge in [-0.05, 0) is 18.2 Å². The molecule has 7 heteroatoms. The molecule has 0 amide bonds. The fourth-order valence-electron chi connectivity index (χ4n) is 1.82. The first-order valence-corrected chi connectivity index (χ1v) is 5.98. The summed E-state index contributed by atoms with van der Waals surface area (Å²) in [5.41, 5.74) is 0.263. The predicted octanol–water partition coefficient (Wildman–Crippen LogP) is 3.04. The van der Waals surface area contributed by atoms with E-state index in [-0.39, 0.29) is 23.5 Å². The summed E-state index contributed by atoms with van der Waals surface area (Å²) in [4.78, 5) is 21.0. The van der Waals surface area contributed by atoms with E-state index < -0.39 is 16.7 Å². The third-order valence-corrected chi connectivity index (χ3v) is 2.87. The number of nitro groups is 1. The van der Waals surface area contributed by atoms with Gasteiger partial charge in [-0.1, -0.05) is 18.2 Å².